The van der Waals surface area contributed by atoms with Crippen LogP contribution in [0.4, 0.5) is 9.18 Å². The van der Waals surface area contributed by atoms with E-state index >= 15 is 0 Å². The maximum absolute atomic E-state index is 13.6. The number of aryl methyl sites for hydroxylation is 1. The van der Waals surface area contributed by atoms with Gasteiger partial charge in [0.05, 0.1) is 17.8 Å². The van der Waals surface area contributed by atoms with E-state index in [1.165, 1.54) is 4.90 Å². The molecule has 0 aliphatic carbocycles. The number of primary amides is 1. The minimum atomic E-state index is -0.665. The quantitative estimate of drug-likeness (QED) is 0.808. The van der Waals surface area contributed by atoms with E-state index in [1.54, 1.807) is 0 Å². The van der Waals surface area contributed by atoms with E-state index in [9.17, 15) is 14.3 Å². The Kier molecular flexibility index (Phi) is 3.61. The summed E-state index contributed by atoms with van der Waals surface area (Å²) in [7, 11) is 0. The first-order valence-electron chi connectivity index (χ1n) is 7.43. The van der Waals surface area contributed by atoms with Crippen molar-refractivity contribution in [3.8, 4) is 0 Å². The highest BCUT2D eigenvalue weighted by atomic mass is 19.1. The number of carbonyl (C=O) groups is 1. The lowest BCUT2D eigenvalue weighted by Gasteiger charge is -2.38. The van der Waals surface area contributed by atoms with Crippen LogP contribution < -0.4 is 5.73 Å². The van der Waals surface area contributed by atoms with Crippen molar-refractivity contribution >= 4 is 6.03 Å². The normalized spacial score (nSPS) is 28.7. The topological polar surface area (TPSA) is 84.4 Å². The largest absolute Gasteiger partial charge is 0.393 e. The van der Waals surface area contributed by atoms with Crippen LogP contribution in [0.5, 0.6) is 0 Å². The summed E-state index contributed by atoms with van der Waals surface area (Å²) in [6.45, 7) is 1.83. The van der Waals surface area contributed by atoms with Crippen LogP contribution in [0.3, 0.4) is 0 Å². The zero-order chi connectivity index (χ0) is 15.1. The summed E-state index contributed by atoms with van der Waals surface area (Å²) in [5.41, 5.74) is 8.06. The van der Waals surface area contributed by atoms with Crippen molar-refractivity contribution in [1.82, 2.24) is 14.7 Å². The highest BCUT2D eigenvalue weighted by molar-refractivity contribution is 5.73. The van der Waals surface area contributed by atoms with Gasteiger partial charge in [-0.15, -0.1) is 0 Å². The maximum Gasteiger partial charge on any atom is 0.315 e. The number of alkyl halides is 1. The third-order valence-corrected chi connectivity index (χ3v) is 4.60. The molecule has 3 heterocycles. The number of aliphatic hydroxyl groups is 1. The molecule has 0 saturated carbocycles. The number of carbonyl (C=O) groups excluding carboxylic acids is 1. The lowest BCUT2D eigenvalue weighted by molar-refractivity contribution is 0.130. The molecule has 1 aromatic heterocycles. The number of halogens is 1. The molecule has 3 rings (SSSR count). The van der Waals surface area contributed by atoms with Gasteiger partial charge in [0.2, 0.25) is 0 Å². The van der Waals surface area contributed by atoms with Crippen LogP contribution in [0.2, 0.25) is 0 Å². The fraction of sp³-hybridized carbons (Fsp3) is 0.714. The molecule has 0 aromatic carbocycles. The van der Waals surface area contributed by atoms with Gasteiger partial charge in [0, 0.05) is 30.3 Å². The van der Waals surface area contributed by atoms with Gasteiger partial charge in [-0.05, 0) is 26.2 Å². The van der Waals surface area contributed by atoms with Crippen molar-refractivity contribution in [2.75, 3.05) is 6.67 Å². The van der Waals surface area contributed by atoms with E-state index in [4.69, 9.17) is 5.73 Å². The van der Waals surface area contributed by atoms with E-state index in [2.05, 4.69) is 5.10 Å². The van der Waals surface area contributed by atoms with Gasteiger partial charge in [-0.25, -0.2) is 9.18 Å². The molecule has 0 spiro atoms. The molecule has 0 saturated heterocycles. The average molecular weight is 296 g/mol. The number of hydrogen-bond donors (Lipinski definition) is 2. The Bertz CT molecular complexity index is 559. The summed E-state index contributed by atoms with van der Waals surface area (Å²) in [5, 5.41) is 14.4. The van der Waals surface area contributed by atoms with Gasteiger partial charge in [0.15, 0.2) is 0 Å². The van der Waals surface area contributed by atoms with Crippen LogP contribution in [0.15, 0.2) is 0 Å². The lowest BCUT2D eigenvalue weighted by atomic mass is 9.91. The fourth-order valence-electron chi connectivity index (χ4n) is 3.62. The van der Waals surface area contributed by atoms with E-state index in [0.29, 0.717) is 32.2 Å². The second-order valence-corrected chi connectivity index (χ2v) is 5.98. The van der Waals surface area contributed by atoms with Crippen molar-refractivity contribution in [1.29, 1.82) is 0 Å². The molecule has 7 heteroatoms. The summed E-state index contributed by atoms with van der Waals surface area (Å²) in [4.78, 5) is 13.1. The van der Waals surface area contributed by atoms with Gasteiger partial charge in [0.25, 0.3) is 0 Å². The highest BCUT2D eigenvalue weighted by Crippen LogP contribution is 2.37. The smallest absolute Gasteiger partial charge is 0.315 e. The molecule has 0 radical (unpaired) electrons. The molecule has 2 aliphatic heterocycles. The van der Waals surface area contributed by atoms with Gasteiger partial charge in [0.1, 0.15) is 6.67 Å². The zero-order valence-corrected chi connectivity index (χ0v) is 12.1. The van der Waals surface area contributed by atoms with Gasteiger partial charge in [-0.1, -0.05) is 0 Å². The Morgan fingerprint density at radius 2 is 2.29 bits per heavy atom. The zero-order valence-electron chi connectivity index (χ0n) is 12.1. The number of amides is 2. The number of fused-ring (bicyclic) bond motifs is 3. The summed E-state index contributed by atoms with van der Waals surface area (Å²) in [6, 6.07) is -1.40. The Hall–Kier alpha value is -1.63. The third-order valence-electron chi connectivity index (χ3n) is 4.60. The number of hydrogen-bond acceptors (Lipinski definition) is 3. The van der Waals surface area contributed by atoms with Crippen LogP contribution in [0, 0.1) is 0 Å². The molecule has 116 valence electrons. The van der Waals surface area contributed by atoms with Crippen LogP contribution in [-0.2, 0) is 19.4 Å². The van der Waals surface area contributed by atoms with Crippen molar-refractivity contribution < 1.29 is 14.3 Å². The molecule has 3 atom stereocenters. The number of nitrogens with two attached hydrogens (primary N) is 1. The number of nitrogens with zero attached hydrogens (tertiary/aromatic N) is 3. The van der Waals surface area contributed by atoms with Crippen molar-refractivity contribution in [2.45, 2.75) is 57.3 Å². The predicted molar refractivity (Wildman–Crippen MR) is 74.5 cm³/mol. The SMILES string of the molecule is CC1Cc2nn3c(c2C(CF)N1C(N)=O)CCC(O)CC3. The number of rotatable bonds is 1. The first-order valence-corrected chi connectivity index (χ1v) is 7.43. The van der Waals surface area contributed by atoms with Crippen LogP contribution in [0.25, 0.3) is 0 Å². The van der Waals surface area contributed by atoms with Crippen molar-refractivity contribution in [3.63, 3.8) is 0 Å². The third kappa shape index (κ3) is 2.29. The predicted octanol–water partition coefficient (Wildman–Crippen LogP) is 0.916. The summed E-state index contributed by atoms with van der Waals surface area (Å²) in [6.07, 6.45) is 2.20. The lowest BCUT2D eigenvalue weighted by Crippen LogP contribution is -2.49. The minimum Gasteiger partial charge on any atom is -0.393 e. The van der Waals surface area contributed by atoms with E-state index in [1.807, 2.05) is 11.6 Å². The summed E-state index contributed by atoms with van der Waals surface area (Å²) >= 11 is 0. The molecule has 0 bridgehead atoms. The fourth-order valence-corrected chi connectivity index (χ4v) is 3.62. The summed E-state index contributed by atoms with van der Waals surface area (Å²) in [5.74, 6) is 0. The van der Waals surface area contributed by atoms with E-state index in [-0.39, 0.29) is 12.1 Å². The molecule has 3 unspecified atom stereocenters. The number of aromatic nitrogens is 2. The molecular weight excluding hydrogens is 275 g/mol. The Balaban J connectivity index is 2.05. The molecule has 2 aliphatic rings. The number of aliphatic hydroxyl groups excluding tert-OH is 1. The van der Waals surface area contributed by atoms with Gasteiger partial charge in [-0.3, -0.25) is 4.68 Å². The van der Waals surface area contributed by atoms with Crippen molar-refractivity contribution in [2.24, 2.45) is 5.73 Å². The van der Waals surface area contributed by atoms with E-state index in [0.717, 1.165) is 17.0 Å². The van der Waals surface area contributed by atoms with Crippen LogP contribution in [0.1, 0.15) is 42.8 Å². The van der Waals surface area contributed by atoms with Gasteiger partial charge >= 0.3 is 6.03 Å². The molecular formula is C14H21FN4O2. The maximum atomic E-state index is 13.6. The Morgan fingerprint density at radius 3 is 2.95 bits per heavy atom. The second-order valence-electron chi connectivity index (χ2n) is 5.98. The van der Waals surface area contributed by atoms with Gasteiger partial charge in [-0.2, -0.15) is 5.10 Å². The molecule has 0 fully saturated rings. The first-order chi connectivity index (χ1) is 10.0. The van der Waals surface area contributed by atoms with Crippen LogP contribution in [-0.4, -0.2) is 44.6 Å². The molecule has 3 N–H and O–H groups in total. The molecule has 6 nitrogen and oxygen atoms in total. The average Bonchev–Trinajstić information content (AvgIpc) is 2.67. The standard InChI is InChI=1S/C14H21FN4O2/c1-8-6-10-13(12(7-15)19(8)14(16)21)11-3-2-9(20)4-5-18(11)17-10/h8-9,12,20H,2-7H2,1H3,(H2,16,21). The molecule has 1 aromatic rings. The minimum absolute atomic E-state index is 0.152. The Labute approximate surface area is 122 Å². The van der Waals surface area contributed by atoms with Crippen molar-refractivity contribution in [3.05, 3.63) is 17.0 Å². The van der Waals surface area contributed by atoms with E-state index < -0.39 is 18.7 Å². The summed E-state index contributed by atoms with van der Waals surface area (Å²) < 4.78 is 15.5. The van der Waals surface area contributed by atoms with Gasteiger partial charge < -0.3 is 15.7 Å². The molecule has 2 amide bonds. The number of urea groups is 1. The highest BCUT2D eigenvalue weighted by Gasteiger charge is 2.39. The second kappa shape index (κ2) is 5.29. The first kappa shape index (κ1) is 14.3. The molecule has 21 heavy (non-hydrogen) atoms. The van der Waals surface area contributed by atoms with Crippen LogP contribution >= 0.6 is 0 Å². The monoisotopic (exact) mass is 296 g/mol. The Morgan fingerprint density at radius 1 is 1.52 bits per heavy atom.